The predicted octanol–water partition coefficient (Wildman–Crippen LogP) is 4.24. The summed E-state index contributed by atoms with van der Waals surface area (Å²) in [7, 11) is -1.63. The molecule has 1 aromatic heterocycles. The van der Waals surface area contributed by atoms with Gasteiger partial charge in [0.15, 0.2) is 6.23 Å². The van der Waals surface area contributed by atoms with Gasteiger partial charge in [-0.05, 0) is 52.3 Å². The number of rotatable bonds is 12. The first-order valence-electron chi connectivity index (χ1n) is 13.5. The van der Waals surface area contributed by atoms with Crippen LogP contribution in [-0.2, 0) is 18.5 Å². The summed E-state index contributed by atoms with van der Waals surface area (Å²) in [6, 6.07) is 10.3. The van der Waals surface area contributed by atoms with Crippen molar-refractivity contribution < 1.29 is 24.7 Å². The van der Waals surface area contributed by atoms with Gasteiger partial charge in [-0.3, -0.25) is 9.36 Å². The molecule has 1 amide bonds. The topological polar surface area (TPSA) is 109 Å². The van der Waals surface area contributed by atoms with E-state index in [1.807, 2.05) is 27.7 Å². The molecule has 0 saturated carbocycles. The first kappa shape index (κ1) is 27.8. The van der Waals surface area contributed by atoms with E-state index in [1.54, 1.807) is 37.3 Å². The molecule has 12 heteroatoms. The molecule has 3 heterocycles. The first-order chi connectivity index (χ1) is 19.1. The van der Waals surface area contributed by atoms with Gasteiger partial charge in [0.1, 0.15) is 30.2 Å². The molecule has 4 rings (SSSR count). The SMILES string of the molecule is [2H][C@H](C)[C@@]12CO[C@@H]([C@H](n3ccc(NC(=O)c4ccccc4)nc3=O)O1)[C@@H]2OP(OCC[N+]#[C-])N(C(C)C)C(C)C. The number of ether oxygens (including phenoxy) is 2. The molecule has 2 saturated heterocycles. The number of benzene rings is 1. The minimum Gasteiger partial charge on any atom is -0.368 e. The summed E-state index contributed by atoms with van der Waals surface area (Å²) < 4.78 is 37.2. The number of nitrogens with one attached hydrogen (secondary N) is 1. The van der Waals surface area contributed by atoms with Gasteiger partial charge in [0.2, 0.25) is 6.54 Å². The minimum atomic E-state index is -1.63. The van der Waals surface area contributed by atoms with Crippen LogP contribution in [0.3, 0.4) is 0 Å². The van der Waals surface area contributed by atoms with Gasteiger partial charge in [0.25, 0.3) is 14.4 Å². The predicted molar refractivity (Wildman–Crippen MR) is 147 cm³/mol. The Morgan fingerprint density at radius 3 is 2.67 bits per heavy atom. The van der Waals surface area contributed by atoms with Crippen molar-refractivity contribution in [2.45, 2.75) is 77.1 Å². The third-order valence-electron chi connectivity index (χ3n) is 6.63. The van der Waals surface area contributed by atoms with E-state index in [0.29, 0.717) is 5.56 Å². The molecular formula is C27H36N5O6P. The summed E-state index contributed by atoms with van der Waals surface area (Å²) in [5.41, 5.74) is -1.34. The van der Waals surface area contributed by atoms with Gasteiger partial charge in [-0.15, -0.1) is 0 Å². The third kappa shape index (κ3) is 6.22. The summed E-state index contributed by atoms with van der Waals surface area (Å²) in [5, 5.41) is 2.64. The summed E-state index contributed by atoms with van der Waals surface area (Å²) in [5.74, 6) is -0.275. The lowest BCUT2D eigenvalue weighted by Crippen LogP contribution is -2.42. The number of nitrogens with zero attached hydrogens (tertiary/aromatic N) is 4. The minimum absolute atomic E-state index is 0.0885. The second kappa shape index (κ2) is 12.6. The Labute approximate surface area is 231 Å². The number of carbonyl (C=O) groups excluding carboxylic acids is 1. The van der Waals surface area contributed by atoms with Crippen LogP contribution in [-0.4, -0.2) is 69.8 Å². The van der Waals surface area contributed by atoms with Crippen LogP contribution in [0.4, 0.5) is 5.82 Å². The van der Waals surface area contributed by atoms with Gasteiger partial charge in [0, 0.05) is 25.2 Å². The monoisotopic (exact) mass is 558 g/mol. The molecule has 0 spiro atoms. The fourth-order valence-corrected chi connectivity index (χ4v) is 6.61. The van der Waals surface area contributed by atoms with E-state index >= 15 is 0 Å². The number of anilines is 1. The van der Waals surface area contributed by atoms with E-state index in [9.17, 15) is 9.59 Å². The van der Waals surface area contributed by atoms with Crippen LogP contribution in [0, 0.1) is 6.57 Å². The zero-order chi connectivity index (χ0) is 29.0. The fraction of sp³-hybridized carbons (Fsp3) is 0.556. The molecule has 1 N–H and O–H groups in total. The van der Waals surface area contributed by atoms with Crippen LogP contribution < -0.4 is 11.0 Å². The maximum Gasteiger partial charge on any atom is 0.351 e. The van der Waals surface area contributed by atoms with Gasteiger partial charge in [0.05, 0.1) is 6.61 Å². The number of fused-ring (bicyclic) bond motifs is 2. The van der Waals surface area contributed by atoms with Crippen molar-refractivity contribution in [1.82, 2.24) is 14.2 Å². The van der Waals surface area contributed by atoms with Crippen molar-refractivity contribution in [3.8, 4) is 0 Å². The van der Waals surface area contributed by atoms with Crippen LogP contribution in [0.5, 0.6) is 0 Å². The van der Waals surface area contributed by atoms with Crippen molar-refractivity contribution >= 4 is 20.3 Å². The standard InChI is InChI=1S/C27H36N5O6P/c1-7-27-17-35-22(23(27)38-39(36-16-14-28-6)32(18(2)3)19(4)5)25(37-27)31-15-13-21(30-26(31)34)29-24(33)20-11-9-8-10-12-20/h8-13,15,18-19,22-23,25H,7,14,16-17H2,1-5H3,(H,29,30,33,34)/t22-,23+,25-,27+,39?/m1/s1/i7D/t7-,22-,23+,25-,27+,39?. The van der Waals surface area contributed by atoms with Crippen LogP contribution >= 0.6 is 8.53 Å². The highest BCUT2D eigenvalue weighted by Crippen LogP contribution is 2.55. The zero-order valence-electron chi connectivity index (χ0n) is 23.8. The zero-order valence-corrected chi connectivity index (χ0v) is 23.7. The molecule has 0 radical (unpaired) electrons. The Hall–Kier alpha value is -2.71. The van der Waals surface area contributed by atoms with Crippen LogP contribution in [0.1, 0.15) is 59.0 Å². The molecule has 1 unspecified atom stereocenters. The molecule has 210 valence electrons. The summed E-state index contributed by atoms with van der Waals surface area (Å²) in [4.78, 5) is 33.0. The lowest BCUT2D eigenvalue weighted by molar-refractivity contribution is -0.175. The molecule has 2 fully saturated rings. The van der Waals surface area contributed by atoms with E-state index < -0.39 is 44.6 Å². The van der Waals surface area contributed by atoms with Crippen molar-refractivity contribution in [3.05, 3.63) is 70.1 Å². The van der Waals surface area contributed by atoms with Gasteiger partial charge < -0.3 is 28.7 Å². The summed E-state index contributed by atoms with van der Waals surface area (Å²) in [6.45, 7) is 17.5. The quantitative estimate of drug-likeness (QED) is 0.234. The number of aromatic nitrogens is 2. The Bertz CT molecular complexity index is 1260. The normalized spacial score (nSPS) is 26.0. The van der Waals surface area contributed by atoms with Gasteiger partial charge in [-0.2, -0.15) is 4.98 Å². The Morgan fingerprint density at radius 2 is 2.05 bits per heavy atom. The molecule has 1 aromatic carbocycles. The van der Waals surface area contributed by atoms with E-state index in [-0.39, 0.29) is 43.6 Å². The average Bonchev–Trinajstić information content (AvgIpc) is 3.42. The lowest BCUT2D eigenvalue weighted by atomic mass is 9.96. The van der Waals surface area contributed by atoms with Crippen molar-refractivity contribution in [3.63, 3.8) is 0 Å². The molecule has 2 bridgehead atoms. The van der Waals surface area contributed by atoms with Crippen molar-refractivity contribution in [2.75, 3.05) is 25.1 Å². The maximum atomic E-state index is 13.1. The molecule has 0 aliphatic carbocycles. The molecule has 2 aliphatic rings. The highest BCUT2D eigenvalue weighted by atomic mass is 31.2. The molecule has 2 aliphatic heterocycles. The van der Waals surface area contributed by atoms with Crippen LogP contribution in [0.25, 0.3) is 4.85 Å². The van der Waals surface area contributed by atoms with Gasteiger partial charge in [-0.25, -0.2) is 16.0 Å². The maximum absolute atomic E-state index is 13.1. The number of amides is 1. The smallest absolute Gasteiger partial charge is 0.351 e. The van der Waals surface area contributed by atoms with E-state index in [2.05, 4.69) is 19.8 Å². The first-order valence-corrected chi connectivity index (χ1v) is 14.1. The van der Waals surface area contributed by atoms with Crippen LogP contribution in [0.2, 0.25) is 0 Å². The van der Waals surface area contributed by atoms with E-state index in [4.69, 9.17) is 26.5 Å². The van der Waals surface area contributed by atoms with E-state index in [0.717, 1.165) is 0 Å². The van der Waals surface area contributed by atoms with E-state index in [1.165, 1.54) is 16.8 Å². The van der Waals surface area contributed by atoms with Crippen LogP contribution in [0.15, 0.2) is 47.4 Å². The molecular weight excluding hydrogens is 521 g/mol. The van der Waals surface area contributed by atoms with Gasteiger partial charge >= 0.3 is 5.69 Å². The summed E-state index contributed by atoms with van der Waals surface area (Å²) >= 11 is 0. The Morgan fingerprint density at radius 1 is 1.33 bits per heavy atom. The largest absolute Gasteiger partial charge is 0.368 e. The number of hydrogen-bond acceptors (Lipinski definition) is 8. The highest BCUT2D eigenvalue weighted by Gasteiger charge is 2.63. The fourth-order valence-electron chi connectivity index (χ4n) is 4.82. The van der Waals surface area contributed by atoms with Gasteiger partial charge in [-0.1, -0.05) is 25.1 Å². The van der Waals surface area contributed by atoms with Crippen molar-refractivity contribution in [2.24, 2.45) is 0 Å². The summed E-state index contributed by atoms with van der Waals surface area (Å²) in [6.07, 6.45) is -1.54. The molecule has 39 heavy (non-hydrogen) atoms. The highest BCUT2D eigenvalue weighted by molar-refractivity contribution is 7.44. The molecule has 6 atom stereocenters. The van der Waals surface area contributed by atoms with Crippen molar-refractivity contribution in [1.29, 1.82) is 0 Å². The third-order valence-corrected chi connectivity index (χ3v) is 8.74. The second-order valence-electron chi connectivity index (χ2n) is 9.90. The molecule has 2 aromatic rings. The Balaban J connectivity index is 1.59. The lowest BCUT2D eigenvalue weighted by Gasteiger charge is -2.38. The second-order valence-corrected chi connectivity index (χ2v) is 11.3. The average molecular weight is 559 g/mol. The number of carbonyl (C=O) groups is 1. The number of hydrogen-bond donors (Lipinski definition) is 1. The Kier molecular flexibility index (Phi) is 9.03. The molecule has 11 nitrogen and oxygen atoms in total.